The van der Waals surface area contributed by atoms with Gasteiger partial charge in [-0.25, -0.2) is 8.42 Å². The van der Waals surface area contributed by atoms with E-state index in [1.807, 2.05) is 31.2 Å². The number of hydrogen-bond acceptors (Lipinski definition) is 7. The first-order chi connectivity index (χ1) is 12.8. The number of amides is 1. The number of rotatable bonds is 6. The van der Waals surface area contributed by atoms with Gasteiger partial charge in [0.25, 0.3) is 5.89 Å². The fraction of sp³-hybridized carbons (Fsp3) is 0.167. The Morgan fingerprint density at radius 1 is 1.11 bits per heavy atom. The van der Waals surface area contributed by atoms with E-state index in [2.05, 4.69) is 15.5 Å². The molecule has 0 unspecified atom stereocenters. The van der Waals surface area contributed by atoms with Gasteiger partial charge in [-0.2, -0.15) is 0 Å². The molecule has 0 saturated carbocycles. The number of aryl methyl sites for hydroxylation is 1. The molecular formula is C18H17N3O4S2. The van der Waals surface area contributed by atoms with Crippen LogP contribution in [0.25, 0.3) is 11.5 Å². The Labute approximate surface area is 161 Å². The van der Waals surface area contributed by atoms with E-state index in [1.54, 1.807) is 18.2 Å². The van der Waals surface area contributed by atoms with Gasteiger partial charge in [0, 0.05) is 11.2 Å². The van der Waals surface area contributed by atoms with Crippen molar-refractivity contribution in [3.8, 4) is 11.5 Å². The topological polar surface area (TPSA) is 102 Å². The summed E-state index contributed by atoms with van der Waals surface area (Å²) in [5, 5.41) is 10.1. The smallest absolute Gasteiger partial charge is 0.322 e. The van der Waals surface area contributed by atoms with Gasteiger partial charge in [-0.3, -0.25) is 10.1 Å². The minimum Gasteiger partial charge on any atom is -0.403 e. The average Bonchev–Trinajstić information content (AvgIpc) is 3.09. The molecule has 0 atom stereocenters. The van der Waals surface area contributed by atoms with Crippen molar-refractivity contribution in [1.82, 2.24) is 10.2 Å². The van der Waals surface area contributed by atoms with Gasteiger partial charge in [-0.15, -0.1) is 16.9 Å². The molecule has 1 amide bonds. The number of anilines is 1. The molecule has 0 spiro atoms. The zero-order chi connectivity index (χ0) is 19.4. The van der Waals surface area contributed by atoms with Crippen molar-refractivity contribution >= 4 is 33.5 Å². The molecule has 0 fully saturated rings. The summed E-state index contributed by atoms with van der Waals surface area (Å²) < 4.78 is 29.2. The first-order valence-corrected chi connectivity index (χ1v) is 10.8. The van der Waals surface area contributed by atoms with E-state index in [1.165, 1.54) is 17.8 Å². The molecule has 3 rings (SSSR count). The molecule has 0 aliphatic rings. The number of sulfone groups is 1. The van der Waals surface area contributed by atoms with Gasteiger partial charge in [0.05, 0.1) is 16.2 Å². The molecule has 0 radical (unpaired) electrons. The lowest BCUT2D eigenvalue weighted by molar-refractivity contribution is -0.113. The highest BCUT2D eigenvalue weighted by Gasteiger charge is 2.19. The maximum atomic E-state index is 12.1. The molecule has 1 aromatic heterocycles. The molecule has 9 heteroatoms. The molecule has 0 saturated heterocycles. The quantitative estimate of drug-likeness (QED) is 0.631. The first-order valence-electron chi connectivity index (χ1n) is 7.95. The zero-order valence-electron chi connectivity index (χ0n) is 14.7. The molecule has 1 heterocycles. The molecule has 2 aromatic carbocycles. The van der Waals surface area contributed by atoms with Crippen LogP contribution in [0.15, 0.2) is 62.7 Å². The Morgan fingerprint density at radius 2 is 1.81 bits per heavy atom. The summed E-state index contributed by atoms with van der Waals surface area (Å²) >= 11 is 1.38. The van der Waals surface area contributed by atoms with Crippen LogP contribution < -0.4 is 5.32 Å². The highest BCUT2D eigenvalue weighted by molar-refractivity contribution is 8.00. The lowest BCUT2D eigenvalue weighted by Crippen LogP contribution is -2.14. The van der Waals surface area contributed by atoms with Crippen molar-refractivity contribution in [3.05, 3.63) is 54.1 Å². The maximum absolute atomic E-state index is 12.1. The second kappa shape index (κ2) is 7.93. The Bertz CT molecular complexity index is 1060. The zero-order valence-corrected chi connectivity index (χ0v) is 16.3. The standard InChI is InChI=1S/C18H17N3O4S2/c1-12-7-9-13(10-8-12)26-11-16(22)19-18-21-20-17(25-18)14-5-3-4-6-15(14)27(2,23)24/h3-10H,11H2,1-2H3,(H,19,21,22). The van der Waals surface area contributed by atoms with E-state index in [4.69, 9.17) is 4.42 Å². The molecule has 140 valence electrons. The minimum atomic E-state index is -3.46. The van der Waals surface area contributed by atoms with Gasteiger partial charge in [0.1, 0.15) is 0 Å². The number of benzene rings is 2. The number of aromatic nitrogens is 2. The molecule has 0 aliphatic heterocycles. The van der Waals surface area contributed by atoms with Gasteiger partial charge < -0.3 is 4.42 Å². The van der Waals surface area contributed by atoms with E-state index in [0.29, 0.717) is 5.56 Å². The summed E-state index contributed by atoms with van der Waals surface area (Å²) in [4.78, 5) is 13.1. The van der Waals surface area contributed by atoms with Crippen molar-refractivity contribution < 1.29 is 17.6 Å². The number of nitrogens with zero attached hydrogens (tertiary/aromatic N) is 2. The van der Waals surface area contributed by atoms with E-state index in [0.717, 1.165) is 16.7 Å². The molecule has 1 N–H and O–H groups in total. The predicted molar refractivity (Wildman–Crippen MR) is 103 cm³/mol. The summed E-state index contributed by atoms with van der Waals surface area (Å²) in [6.07, 6.45) is 1.10. The Morgan fingerprint density at radius 3 is 2.52 bits per heavy atom. The second-order valence-corrected chi connectivity index (χ2v) is 8.86. The highest BCUT2D eigenvalue weighted by Crippen LogP contribution is 2.27. The molecule has 27 heavy (non-hydrogen) atoms. The fourth-order valence-corrected chi connectivity index (χ4v) is 3.87. The summed E-state index contributed by atoms with van der Waals surface area (Å²) in [6.45, 7) is 2.00. The number of thioether (sulfide) groups is 1. The molecule has 3 aromatic rings. The van der Waals surface area contributed by atoms with Crippen LogP contribution in [0, 0.1) is 6.92 Å². The molecule has 7 nitrogen and oxygen atoms in total. The van der Waals surface area contributed by atoms with Crippen molar-refractivity contribution in [1.29, 1.82) is 0 Å². The number of nitrogens with one attached hydrogen (secondary N) is 1. The normalized spacial score (nSPS) is 11.3. The summed E-state index contributed by atoms with van der Waals surface area (Å²) in [6, 6.07) is 14.1. The molecule has 0 aliphatic carbocycles. The van der Waals surface area contributed by atoms with Crippen molar-refractivity contribution in [3.63, 3.8) is 0 Å². The lowest BCUT2D eigenvalue weighted by Gasteiger charge is -2.03. The van der Waals surface area contributed by atoms with Gasteiger partial charge in [-0.05, 0) is 31.2 Å². The average molecular weight is 403 g/mol. The molecule has 0 bridgehead atoms. The minimum absolute atomic E-state index is 0.0255. The largest absolute Gasteiger partial charge is 0.403 e. The SMILES string of the molecule is Cc1ccc(SCC(=O)Nc2nnc(-c3ccccc3S(C)(=O)=O)o2)cc1. The van der Waals surface area contributed by atoms with E-state index in [-0.39, 0.29) is 28.5 Å². The van der Waals surface area contributed by atoms with Gasteiger partial charge in [0.15, 0.2) is 9.84 Å². The Kier molecular flexibility index (Phi) is 5.62. The van der Waals surface area contributed by atoms with Crippen molar-refractivity contribution in [2.24, 2.45) is 0 Å². The highest BCUT2D eigenvalue weighted by atomic mass is 32.2. The summed E-state index contributed by atoms with van der Waals surface area (Å²) in [7, 11) is -3.46. The summed E-state index contributed by atoms with van der Waals surface area (Å²) in [5.41, 5.74) is 1.44. The van der Waals surface area contributed by atoms with Gasteiger partial charge in [-0.1, -0.05) is 34.9 Å². The summed E-state index contributed by atoms with van der Waals surface area (Å²) in [5.74, 6) is -0.0922. The Balaban J connectivity index is 1.68. The van der Waals surface area contributed by atoms with E-state index < -0.39 is 9.84 Å². The van der Waals surface area contributed by atoms with Crippen LogP contribution in [0.3, 0.4) is 0 Å². The van der Waals surface area contributed by atoms with Crippen LogP contribution >= 0.6 is 11.8 Å². The monoisotopic (exact) mass is 403 g/mol. The van der Waals surface area contributed by atoms with Crippen LogP contribution in [0.1, 0.15) is 5.56 Å². The van der Waals surface area contributed by atoms with Gasteiger partial charge >= 0.3 is 6.01 Å². The lowest BCUT2D eigenvalue weighted by atomic mass is 10.2. The number of carbonyl (C=O) groups excluding carboxylic acids is 1. The Hall–Kier alpha value is -2.65. The fourth-order valence-electron chi connectivity index (χ4n) is 2.29. The molecular weight excluding hydrogens is 386 g/mol. The van der Waals surface area contributed by atoms with Crippen molar-refractivity contribution in [2.75, 3.05) is 17.3 Å². The number of carbonyl (C=O) groups is 1. The van der Waals surface area contributed by atoms with Crippen LogP contribution in [0.4, 0.5) is 6.01 Å². The van der Waals surface area contributed by atoms with E-state index in [9.17, 15) is 13.2 Å². The van der Waals surface area contributed by atoms with Crippen molar-refractivity contribution in [2.45, 2.75) is 16.7 Å². The maximum Gasteiger partial charge on any atom is 0.322 e. The second-order valence-electron chi connectivity index (χ2n) is 5.83. The third-order valence-electron chi connectivity index (χ3n) is 3.58. The van der Waals surface area contributed by atoms with Crippen LogP contribution in [0.2, 0.25) is 0 Å². The predicted octanol–water partition coefficient (Wildman–Crippen LogP) is 3.18. The van der Waals surface area contributed by atoms with Crippen LogP contribution in [0.5, 0.6) is 0 Å². The van der Waals surface area contributed by atoms with Gasteiger partial charge in [0.2, 0.25) is 5.91 Å². The van der Waals surface area contributed by atoms with Crippen LogP contribution in [-0.4, -0.2) is 36.5 Å². The number of hydrogen-bond donors (Lipinski definition) is 1. The third-order valence-corrected chi connectivity index (χ3v) is 5.75. The van der Waals surface area contributed by atoms with E-state index >= 15 is 0 Å². The third kappa shape index (κ3) is 4.95. The first kappa shape index (κ1) is 19.1. The van der Waals surface area contributed by atoms with Crippen LogP contribution in [-0.2, 0) is 14.6 Å².